The number of carboxylic acids is 1. The van der Waals surface area contributed by atoms with Gasteiger partial charge in [-0.2, -0.15) is 5.10 Å². The number of aromatic carboxylic acids is 1. The Kier molecular flexibility index (Phi) is 3.61. The Bertz CT molecular complexity index is 647. The molecule has 1 aromatic carbocycles. The maximum Gasteiger partial charge on any atom is 0.356 e. The number of aromatic nitrogens is 2. The minimum atomic E-state index is -0.951. The van der Waals surface area contributed by atoms with Gasteiger partial charge in [-0.15, -0.1) is 0 Å². The second kappa shape index (κ2) is 5.40. The summed E-state index contributed by atoms with van der Waals surface area (Å²) in [7, 11) is 0. The molecule has 0 saturated heterocycles. The topological polar surface area (TPSA) is 55.1 Å². The van der Waals surface area contributed by atoms with Crippen LogP contribution >= 0.6 is 15.9 Å². The Labute approximate surface area is 125 Å². The van der Waals surface area contributed by atoms with Crippen LogP contribution in [0.4, 0.5) is 0 Å². The average Bonchev–Trinajstić information content (AvgIpc) is 3.16. The zero-order valence-electron chi connectivity index (χ0n) is 10.9. The van der Waals surface area contributed by atoms with Crippen LogP contribution in [-0.2, 0) is 13.0 Å². The van der Waals surface area contributed by atoms with Crippen molar-refractivity contribution in [2.45, 2.75) is 31.7 Å². The van der Waals surface area contributed by atoms with Gasteiger partial charge < -0.3 is 5.11 Å². The van der Waals surface area contributed by atoms with Crippen molar-refractivity contribution >= 4 is 21.9 Å². The third kappa shape index (κ3) is 2.93. The van der Waals surface area contributed by atoms with Gasteiger partial charge in [-0.05, 0) is 43.0 Å². The molecule has 2 aromatic rings. The fraction of sp³-hybridized carbons (Fsp3) is 0.333. The Morgan fingerprint density at radius 3 is 2.85 bits per heavy atom. The van der Waals surface area contributed by atoms with Crippen LogP contribution in [0.1, 0.15) is 40.5 Å². The lowest BCUT2D eigenvalue weighted by molar-refractivity contribution is 0.0689. The van der Waals surface area contributed by atoms with E-state index in [-0.39, 0.29) is 5.69 Å². The van der Waals surface area contributed by atoms with E-state index < -0.39 is 5.97 Å². The highest BCUT2D eigenvalue weighted by atomic mass is 79.9. The highest BCUT2D eigenvalue weighted by molar-refractivity contribution is 9.10. The summed E-state index contributed by atoms with van der Waals surface area (Å²) in [6, 6.07) is 9.88. The van der Waals surface area contributed by atoms with Crippen molar-refractivity contribution in [3.8, 4) is 0 Å². The summed E-state index contributed by atoms with van der Waals surface area (Å²) in [6.45, 7) is 0.718. The van der Waals surface area contributed by atoms with E-state index in [1.807, 2.05) is 16.8 Å². The van der Waals surface area contributed by atoms with E-state index in [2.05, 4.69) is 33.2 Å². The van der Waals surface area contributed by atoms with Gasteiger partial charge in [0.2, 0.25) is 0 Å². The number of nitrogens with zero attached hydrogens (tertiary/aromatic N) is 2. The van der Waals surface area contributed by atoms with Crippen LogP contribution in [0, 0.1) is 0 Å². The lowest BCUT2D eigenvalue weighted by atomic mass is 10.1. The van der Waals surface area contributed by atoms with Crippen LogP contribution in [0.5, 0.6) is 0 Å². The summed E-state index contributed by atoms with van der Waals surface area (Å²) in [5.74, 6) is -0.453. The molecule has 5 heteroatoms. The molecule has 104 valence electrons. The van der Waals surface area contributed by atoms with Crippen molar-refractivity contribution in [1.29, 1.82) is 0 Å². The van der Waals surface area contributed by atoms with Crippen molar-refractivity contribution < 1.29 is 9.90 Å². The molecule has 0 atom stereocenters. The minimum Gasteiger partial charge on any atom is -0.476 e. The summed E-state index contributed by atoms with van der Waals surface area (Å²) in [5.41, 5.74) is 2.44. The smallest absolute Gasteiger partial charge is 0.356 e. The highest BCUT2D eigenvalue weighted by Crippen LogP contribution is 2.40. The highest BCUT2D eigenvalue weighted by Gasteiger charge is 2.29. The number of rotatable bonds is 5. The van der Waals surface area contributed by atoms with Gasteiger partial charge in [-0.25, -0.2) is 4.79 Å². The Hall–Kier alpha value is -1.62. The molecule has 1 aliphatic rings. The molecule has 0 bridgehead atoms. The Balaban J connectivity index is 1.77. The molecular formula is C15H15BrN2O2. The largest absolute Gasteiger partial charge is 0.476 e. The van der Waals surface area contributed by atoms with E-state index in [1.54, 1.807) is 6.07 Å². The van der Waals surface area contributed by atoms with Gasteiger partial charge in [-0.1, -0.05) is 28.1 Å². The Morgan fingerprint density at radius 2 is 2.20 bits per heavy atom. The summed E-state index contributed by atoms with van der Waals surface area (Å²) in [6.07, 6.45) is 3.13. The standard InChI is InChI=1S/C15H15BrN2O2/c16-12-3-1-2-10(8-12)6-7-18-14(11-4-5-11)9-13(17-18)15(19)20/h1-3,8-9,11H,4-7H2,(H,19,20). The van der Waals surface area contributed by atoms with Gasteiger partial charge in [0.05, 0.1) is 0 Å². The van der Waals surface area contributed by atoms with Crippen molar-refractivity contribution in [1.82, 2.24) is 9.78 Å². The second-order valence-corrected chi connectivity index (χ2v) is 6.05. The summed E-state index contributed by atoms with van der Waals surface area (Å²) in [4.78, 5) is 11.0. The zero-order valence-corrected chi connectivity index (χ0v) is 12.5. The van der Waals surface area contributed by atoms with Gasteiger partial charge in [0.15, 0.2) is 5.69 Å². The average molecular weight is 335 g/mol. The SMILES string of the molecule is O=C(O)c1cc(C2CC2)n(CCc2cccc(Br)c2)n1. The summed E-state index contributed by atoms with van der Waals surface area (Å²) < 4.78 is 2.92. The molecule has 1 aliphatic carbocycles. The van der Waals surface area contributed by atoms with E-state index in [1.165, 1.54) is 5.56 Å². The molecule has 1 N–H and O–H groups in total. The molecule has 0 unspecified atom stereocenters. The van der Waals surface area contributed by atoms with E-state index in [0.29, 0.717) is 5.92 Å². The van der Waals surface area contributed by atoms with Gasteiger partial charge >= 0.3 is 5.97 Å². The molecule has 1 aromatic heterocycles. The van der Waals surface area contributed by atoms with Crippen molar-refractivity contribution in [2.24, 2.45) is 0 Å². The molecule has 0 aliphatic heterocycles. The number of halogens is 1. The molecule has 1 fully saturated rings. The van der Waals surface area contributed by atoms with E-state index in [0.717, 1.165) is 36.0 Å². The first-order chi connectivity index (χ1) is 9.63. The number of benzene rings is 1. The van der Waals surface area contributed by atoms with Crippen molar-refractivity contribution in [3.05, 3.63) is 51.8 Å². The normalized spacial score (nSPS) is 14.4. The van der Waals surface area contributed by atoms with Gasteiger partial charge in [0.25, 0.3) is 0 Å². The van der Waals surface area contributed by atoms with Gasteiger partial charge in [0.1, 0.15) is 0 Å². The fourth-order valence-electron chi connectivity index (χ4n) is 2.35. The number of carboxylic acid groups (broad SMARTS) is 1. The van der Waals surface area contributed by atoms with E-state index in [9.17, 15) is 4.79 Å². The number of hydrogen-bond donors (Lipinski definition) is 1. The predicted octanol–water partition coefficient (Wildman–Crippen LogP) is 3.46. The van der Waals surface area contributed by atoms with Crippen molar-refractivity contribution in [3.63, 3.8) is 0 Å². The third-order valence-corrected chi connectivity index (χ3v) is 4.02. The van der Waals surface area contributed by atoms with Gasteiger partial charge in [-0.3, -0.25) is 4.68 Å². The summed E-state index contributed by atoms with van der Waals surface area (Å²) in [5, 5.41) is 13.3. The fourth-order valence-corrected chi connectivity index (χ4v) is 2.80. The quantitative estimate of drug-likeness (QED) is 0.910. The first-order valence-corrected chi connectivity index (χ1v) is 7.48. The lowest BCUT2D eigenvalue weighted by Gasteiger charge is -2.07. The first-order valence-electron chi connectivity index (χ1n) is 6.69. The van der Waals surface area contributed by atoms with Crippen LogP contribution in [0.25, 0.3) is 0 Å². The molecule has 0 radical (unpaired) electrons. The predicted molar refractivity (Wildman–Crippen MR) is 79.0 cm³/mol. The lowest BCUT2D eigenvalue weighted by Crippen LogP contribution is -2.08. The zero-order chi connectivity index (χ0) is 14.1. The number of aryl methyl sites for hydroxylation is 2. The maximum absolute atomic E-state index is 11.0. The number of hydrogen-bond acceptors (Lipinski definition) is 2. The third-order valence-electron chi connectivity index (χ3n) is 3.53. The maximum atomic E-state index is 11.0. The number of carbonyl (C=O) groups is 1. The molecule has 4 nitrogen and oxygen atoms in total. The van der Waals surface area contributed by atoms with Crippen LogP contribution < -0.4 is 0 Å². The van der Waals surface area contributed by atoms with Crippen LogP contribution in [0.15, 0.2) is 34.8 Å². The monoisotopic (exact) mass is 334 g/mol. The molecule has 0 spiro atoms. The van der Waals surface area contributed by atoms with Crippen molar-refractivity contribution in [2.75, 3.05) is 0 Å². The van der Waals surface area contributed by atoms with E-state index in [4.69, 9.17) is 5.11 Å². The molecule has 20 heavy (non-hydrogen) atoms. The van der Waals surface area contributed by atoms with Gasteiger partial charge in [0, 0.05) is 22.6 Å². The molecule has 1 saturated carbocycles. The van der Waals surface area contributed by atoms with Crippen LogP contribution in [0.2, 0.25) is 0 Å². The molecule has 0 amide bonds. The minimum absolute atomic E-state index is 0.154. The molecule has 3 rings (SSSR count). The van der Waals surface area contributed by atoms with E-state index >= 15 is 0 Å². The summed E-state index contributed by atoms with van der Waals surface area (Å²) >= 11 is 3.46. The molecule has 1 heterocycles. The first kappa shape index (κ1) is 13.4. The van der Waals surface area contributed by atoms with Crippen LogP contribution in [-0.4, -0.2) is 20.9 Å². The van der Waals surface area contributed by atoms with Crippen LogP contribution in [0.3, 0.4) is 0 Å². The second-order valence-electron chi connectivity index (χ2n) is 5.14. The molecular weight excluding hydrogens is 320 g/mol. The Morgan fingerprint density at radius 1 is 1.40 bits per heavy atom.